The van der Waals surface area contributed by atoms with Crippen molar-refractivity contribution < 1.29 is 19.7 Å². The smallest absolute Gasteiger partial charge is 0.123 e. The van der Waals surface area contributed by atoms with Crippen molar-refractivity contribution in [1.82, 2.24) is 4.90 Å². The van der Waals surface area contributed by atoms with Gasteiger partial charge in [-0.3, -0.25) is 4.90 Å². The number of nitrogens with zero attached hydrogens (tertiary/aromatic N) is 1. The topological polar surface area (TPSA) is 62.2 Å². The molecule has 0 aliphatic rings. The van der Waals surface area contributed by atoms with Gasteiger partial charge in [0, 0.05) is 25.8 Å². The van der Waals surface area contributed by atoms with Crippen molar-refractivity contribution in [2.24, 2.45) is 5.92 Å². The summed E-state index contributed by atoms with van der Waals surface area (Å²) in [4.78, 5) is 2.26. The fraction of sp³-hybridized carbons (Fsp3) is 0.842. The molecule has 1 rings (SSSR count). The first-order valence-electron chi connectivity index (χ1n) is 18.5. The molecule has 1 aromatic carbocycles. The zero-order chi connectivity index (χ0) is 31.2. The molecule has 0 aliphatic carbocycles. The van der Waals surface area contributed by atoms with Gasteiger partial charge in [0.1, 0.15) is 18.1 Å². The van der Waals surface area contributed by atoms with E-state index in [0.717, 1.165) is 63.3 Å². The van der Waals surface area contributed by atoms with Crippen LogP contribution in [0, 0.1) is 5.92 Å². The third-order valence-electron chi connectivity index (χ3n) is 8.76. The molecule has 1 aromatic rings. The summed E-state index contributed by atoms with van der Waals surface area (Å²) >= 11 is 0. The van der Waals surface area contributed by atoms with Crippen LogP contribution < -0.4 is 9.47 Å². The summed E-state index contributed by atoms with van der Waals surface area (Å²) in [5.41, 5.74) is 1.31. The summed E-state index contributed by atoms with van der Waals surface area (Å²) in [6, 6.07) is 6.51. The van der Waals surface area contributed by atoms with E-state index in [4.69, 9.17) is 14.6 Å². The number of rotatable bonds is 32. The zero-order valence-electron chi connectivity index (χ0n) is 28.8. The predicted octanol–water partition coefficient (Wildman–Crippen LogP) is 9.75. The fourth-order valence-electron chi connectivity index (χ4n) is 5.79. The van der Waals surface area contributed by atoms with Crippen molar-refractivity contribution >= 4 is 0 Å². The standard InChI is InChI=1S/C38H71NO4/c1-4-7-9-10-11-12-13-14-15-16-17-18-20-24-36-31-37(33-38(32-36)43-34-35(6-3)23-8-5-2)42-30-27-39(26-29-41)25-21-19-22-28-40/h31-33,35,40-41H,4-30,34H2,1-3H3. The van der Waals surface area contributed by atoms with Crippen molar-refractivity contribution in [2.45, 2.75) is 156 Å². The van der Waals surface area contributed by atoms with Crippen LogP contribution in [-0.4, -0.2) is 61.2 Å². The summed E-state index contributed by atoms with van der Waals surface area (Å²) in [7, 11) is 0. The molecule has 43 heavy (non-hydrogen) atoms. The molecule has 5 nitrogen and oxygen atoms in total. The zero-order valence-corrected chi connectivity index (χ0v) is 28.8. The molecule has 1 atom stereocenters. The van der Waals surface area contributed by atoms with Crippen molar-refractivity contribution in [1.29, 1.82) is 0 Å². The van der Waals surface area contributed by atoms with Gasteiger partial charge in [0.15, 0.2) is 0 Å². The molecule has 1 unspecified atom stereocenters. The Morgan fingerprint density at radius 3 is 1.74 bits per heavy atom. The average molecular weight is 606 g/mol. The molecule has 0 heterocycles. The van der Waals surface area contributed by atoms with Gasteiger partial charge in [-0.25, -0.2) is 0 Å². The van der Waals surface area contributed by atoms with Crippen LogP contribution in [0.5, 0.6) is 11.5 Å². The molecular formula is C38H71NO4. The molecule has 0 amide bonds. The number of ether oxygens (including phenoxy) is 2. The molecule has 0 saturated carbocycles. The predicted molar refractivity (Wildman–Crippen MR) is 185 cm³/mol. The van der Waals surface area contributed by atoms with Crippen LogP contribution >= 0.6 is 0 Å². The first-order valence-corrected chi connectivity index (χ1v) is 18.5. The monoisotopic (exact) mass is 606 g/mol. The van der Waals surface area contributed by atoms with Gasteiger partial charge in [0.25, 0.3) is 0 Å². The summed E-state index contributed by atoms with van der Waals surface area (Å²) in [5.74, 6) is 2.44. The molecule has 0 radical (unpaired) electrons. The van der Waals surface area contributed by atoms with E-state index >= 15 is 0 Å². The van der Waals surface area contributed by atoms with E-state index in [1.54, 1.807) is 0 Å². The van der Waals surface area contributed by atoms with Gasteiger partial charge in [0.05, 0.1) is 13.2 Å². The van der Waals surface area contributed by atoms with Crippen molar-refractivity contribution in [3.8, 4) is 11.5 Å². The molecular weight excluding hydrogens is 534 g/mol. The lowest BCUT2D eigenvalue weighted by molar-refractivity contribution is 0.164. The number of benzene rings is 1. The average Bonchev–Trinajstić information content (AvgIpc) is 3.01. The summed E-state index contributed by atoms with van der Waals surface area (Å²) in [6.07, 6.45) is 26.7. The molecule has 0 spiro atoms. The third kappa shape index (κ3) is 22.8. The van der Waals surface area contributed by atoms with Crippen LogP contribution in [0.3, 0.4) is 0 Å². The molecule has 252 valence electrons. The van der Waals surface area contributed by atoms with Crippen LogP contribution in [-0.2, 0) is 6.42 Å². The third-order valence-corrected chi connectivity index (χ3v) is 8.76. The van der Waals surface area contributed by atoms with E-state index in [1.807, 2.05) is 0 Å². The maximum Gasteiger partial charge on any atom is 0.123 e. The van der Waals surface area contributed by atoms with E-state index in [2.05, 4.69) is 43.9 Å². The Kier molecular flexibility index (Phi) is 27.2. The lowest BCUT2D eigenvalue weighted by Gasteiger charge is -2.22. The first kappa shape index (κ1) is 39.7. The summed E-state index contributed by atoms with van der Waals surface area (Å²) in [5, 5.41) is 18.5. The van der Waals surface area contributed by atoms with Crippen LogP contribution in [0.15, 0.2) is 18.2 Å². The number of hydrogen-bond donors (Lipinski definition) is 2. The maximum atomic E-state index is 9.49. The Bertz CT molecular complexity index is 728. The van der Waals surface area contributed by atoms with Crippen LogP contribution in [0.1, 0.15) is 155 Å². The Balaban J connectivity index is 2.54. The molecule has 0 aliphatic heterocycles. The van der Waals surface area contributed by atoms with Crippen LogP contribution in [0.2, 0.25) is 0 Å². The van der Waals surface area contributed by atoms with Gasteiger partial charge in [-0.05, 0) is 68.7 Å². The van der Waals surface area contributed by atoms with Crippen LogP contribution in [0.25, 0.3) is 0 Å². The second-order valence-electron chi connectivity index (χ2n) is 12.7. The summed E-state index contributed by atoms with van der Waals surface area (Å²) < 4.78 is 12.6. The number of hydrogen-bond acceptors (Lipinski definition) is 5. The Hall–Kier alpha value is -1.30. The Morgan fingerprint density at radius 1 is 0.581 bits per heavy atom. The van der Waals surface area contributed by atoms with Crippen LogP contribution in [0.4, 0.5) is 0 Å². The molecule has 0 fully saturated rings. The minimum absolute atomic E-state index is 0.156. The van der Waals surface area contributed by atoms with Gasteiger partial charge < -0.3 is 19.7 Å². The highest BCUT2D eigenvalue weighted by molar-refractivity contribution is 5.38. The molecule has 0 bridgehead atoms. The van der Waals surface area contributed by atoms with Crippen molar-refractivity contribution in [3.63, 3.8) is 0 Å². The van der Waals surface area contributed by atoms with Crippen molar-refractivity contribution in [2.75, 3.05) is 46.1 Å². The molecule has 0 aromatic heterocycles. The van der Waals surface area contributed by atoms with Gasteiger partial charge in [-0.1, -0.05) is 117 Å². The number of aliphatic hydroxyl groups excluding tert-OH is 2. The van der Waals surface area contributed by atoms with Gasteiger partial charge in [0.2, 0.25) is 0 Å². The first-order chi connectivity index (χ1) is 21.2. The van der Waals surface area contributed by atoms with Gasteiger partial charge >= 0.3 is 0 Å². The number of aliphatic hydroxyl groups is 2. The Labute approximate surface area is 267 Å². The summed E-state index contributed by atoms with van der Waals surface area (Å²) in [6.45, 7) is 11.0. The fourth-order valence-corrected chi connectivity index (χ4v) is 5.79. The van der Waals surface area contributed by atoms with Gasteiger partial charge in [-0.15, -0.1) is 0 Å². The molecule has 0 saturated heterocycles. The molecule has 5 heteroatoms. The minimum atomic E-state index is 0.156. The lowest BCUT2D eigenvalue weighted by atomic mass is 10.0. The van der Waals surface area contributed by atoms with Crippen molar-refractivity contribution in [3.05, 3.63) is 23.8 Å². The largest absolute Gasteiger partial charge is 0.493 e. The number of aryl methyl sites for hydroxylation is 1. The van der Waals surface area contributed by atoms with E-state index in [-0.39, 0.29) is 13.2 Å². The second kappa shape index (κ2) is 29.4. The quantitative estimate of drug-likeness (QED) is 0.0801. The van der Waals surface area contributed by atoms with E-state index < -0.39 is 0 Å². The highest BCUT2D eigenvalue weighted by Crippen LogP contribution is 2.26. The Morgan fingerprint density at radius 2 is 1.16 bits per heavy atom. The maximum absolute atomic E-state index is 9.49. The minimum Gasteiger partial charge on any atom is -0.493 e. The second-order valence-corrected chi connectivity index (χ2v) is 12.7. The highest BCUT2D eigenvalue weighted by atomic mass is 16.5. The lowest BCUT2D eigenvalue weighted by Crippen LogP contribution is -2.32. The normalized spacial score (nSPS) is 12.2. The van der Waals surface area contributed by atoms with E-state index in [0.29, 0.717) is 19.1 Å². The SMILES string of the molecule is CCCCCCCCCCCCCCCc1cc(OCCN(CCO)CCCCCO)cc(OCC(CC)CCCC)c1. The number of unbranched alkanes of at least 4 members (excludes halogenated alkanes) is 15. The van der Waals surface area contributed by atoms with E-state index in [1.165, 1.54) is 108 Å². The molecule has 2 N–H and O–H groups in total. The van der Waals surface area contributed by atoms with E-state index in [9.17, 15) is 5.11 Å². The van der Waals surface area contributed by atoms with Gasteiger partial charge in [-0.2, -0.15) is 0 Å². The highest BCUT2D eigenvalue weighted by Gasteiger charge is 2.10.